The van der Waals surface area contributed by atoms with Crippen molar-refractivity contribution in [2.75, 3.05) is 20.3 Å². The first-order valence-electron chi connectivity index (χ1n) is 16.0. The van der Waals surface area contributed by atoms with Gasteiger partial charge in [-0.05, 0) is 90.8 Å². The minimum atomic E-state index is -0.856. The second-order valence-corrected chi connectivity index (χ2v) is 13.2. The van der Waals surface area contributed by atoms with Crippen LogP contribution in [0.3, 0.4) is 0 Å². The highest BCUT2D eigenvalue weighted by atomic mass is 16.5. The maximum Gasteiger partial charge on any atom is 0.324 e. The molecule has 4 N–H and O–H groups in total. The maximum atomic E-state index is 13.3. The summed E-state index contributed by atoms with van der Waals surface area (Å²) in [6.45, 7) is 8.16. The number of aromatic hydroxyl groups is 1. The van der Waals surface area contributed by atoms with Crippen LogP contribution < -0.4 is 11.2 Å². The number of nitrogens with two attached hydrogens (primary N) is 1. The van der Waals surface area contributed by atoms with Crippen molar-refractivity contribution >= 4 is 22.8 Å². The minimum Gasteiger partial charge on any atom is -0.508 e. The van der Waals surface area contributed by atoms with Crippen LogP contribution in [0.1, 0.15) is 50.3 Å². The van der Waals surface area contributed by atoms with Crippen LogP contribution in [0, 0.1) is 5.41 Å². The molecule has 2 aromatic heterocycles. The second kappa shape index (κ2) is 12.9. The zero-order valence-electron chi connectivity index (χ0n) is 27.0. The third-order valence-corrected chi connectivity index (χ3v) is 9.03. The molecule has 0 unspecified atom stereocenters. The summed E-state index contributed by atoms with van der Waals surface area (Å²) in [5.74, 6) is -0.578. The van der Waals surface area contributed by atoms with E-state index in [2.05, 4.69) is 53.9 Å². The van der Waals surface area contributed by atoms with Crippen LogP contribution in [-0.4, -0.2) is 63.9 Å². The number of hydrogen-bond donors (Lipinski definition) is 3. The number of cyclic esters (lactones) is 1. The lowest BCUT2D eigenvalue weighted by molar-refractivity contribution is -0.154. The smallest absolute Gasteiger partial charge is 0.324 e. The average Bonchev–Trinajstić information content (AvgIpc) is 3.34. The lowest BCUT2D eigenvalue weighted by Crippen LogP contribution is -2.59. The zero-order valence-corrected chi connectivity index (χ0v) is 27.0. The van der Waals surface area contributed by atoms with Crippen LogP contribution in [0.2, 0.25) is 0 Å². The number of aryl methyl sites for hydroxylation is 1. The van der Waals surface area contributed by atoms with Gasteiger partial charge in [-0.15, -0.1) is 0 Å². The van der Waals surface area contributed by atoms with Crippen LogP contribution in [0.5, 0.6) is 5.75 Å². The number of hydrogen-bond acceptors (Lipinski definition) is 8. The first-order chi connectivity index (χ1) is 22.1. The molecule has 10 heteroatoms. The average molecular weight is 626 g/mol. The Bertz CT molecular complexity index is 1780. The molecule has 0 spiro atoms. The number of aromatic nitrogens is 2. The molecule has 6 rings (SSSR count). The van der Waals surface area contributed by atoms with Gasteiger partial charge in [0.2, 0.25) is 0 Å². The van der Waals surface area contributed by atoms with Crippen LogP contribution >= 0.6 is 0 Å². The Morgan fingerprint density at radius 3 is 2.76 bits per heavy atom. The van der Waals surface area contributed by atoms with Crippen molar-refractivity contribution in [3.63, 3.8) is 0 Å². The Kier molecular flexibility index (Phi) is 8.87. The van der Waals surface area contributed by atoms with Gasteiger partial charge in [-0.2, -0.15) is 0 Å². The Morgan fingerprint density at radius 1 is 1.15 bits per heavy atom. The number of nitrogens with zero attached hydrogens (tertiary/aromatic N) is 3. The standard InChI is InChI=1S/C36H43N5O5/c1-5-40-32-9-8-23-17-27(32)28(33(40)29-19-38-11-10-24(29)20-45-4)18-36(2,3)21-46-35(44)31-7-6-12-41(39-31)34(43)30(37)15-22-13-25(23)16-26(42)14-22/h8-11,13-14,16-17,19,30-31,39,42H,5-7,12,15,18,20-21,37H2,1-4H3/t30-,31-/m0/s1. The summed E-state index contributed by atoms with van der Waals surface area (Å²) >= 11 is 0. The largest absolute Gasteiger partial charge is 0.508 e. The van der Waals surface area contributed by atoms with Crippen LogP contribution in [0.15, 0.2) is 54.9 Å². The lowest BCUT2D eigenvalue weighted by Gasteiger charge is -2.35. The summed E-state index contributed by atoms with van der Waals surface area (Å²) in [6, 6.07) is 12.2. The molecule has 242 valence electrons. The lowest BCUT2D eigenvalue weighted by atomic mass is 9.84. The minimum absolute atomic E-state index is 0.105. The van der Waals surface area contributed by atoms with Crippen molar-refractivity contribution in [3.8, 4) is 28.1 Å². The normalized spacial score (nSPS) is 20.4. The monoisotopic (exact) mass is 625 g/mol. The Morgan fingerprint density at radius 2 is 1.98 bits per heavy atom. The summed E-state index contributed by atoms with van der Waals surface area (Å²) in [5.41, 5.74) is 16.9. The molecule has 46 heavy (non-hydrogen) atoms. The van der Waals surface area contributed by atoms with E-state index >= 15 is 0 Å². The fraction of sp³-hybridized carbons (Fsp3) is 0.417. The van der Waals surface area contributed by atoms with E-state index in [0.717, 1.165) is 56.5 Å². The molecule has 1 amide bonds. The van der Waals surface area contributed by atoms with E-state index in [1.165, 1.54) is 5.01 Å². The van der Waals surface area contributed by atoms with Gasteiger partial charge in [0, 0.05) is 54.5 Å². The number of benzene rings is 2. The molecule has 0 saturated carbocycles. The SMILES string of the molecule is CCn1c(-c2cnccc2COC)c2c3cc(ccc31)-c1cc(O)cc(c1)C[C@H](N)C(=O)N1CCC[C@H](N1)C(=O)OCC(C)(C)C2. The van der Waals surface area contributed by atoms with Crippen molar-refractivity contribution in [2.24, 2.45) is 11.1 Å². The summed E-state index contributed by atoms with van der Waals surface area (Å²) in [5, 5.41) is 13.3. The number of methoxy groups -OCH3 is 1. The highest BCUT2D eigenvalue weighted by Crippen LogP contribution is 2.41. The van der Waals surface area contributed by atoms with Crippen molar-refractivity contribution in [1.29, 1.82) is 0 Å². The Hall–Kier alpha value is -4.25. The first kappa shape index (κ1) is 31.7. The molecule has 6 bridgehead atoms. The first-order valence-corrected chi connectivity index (χ1v) is 16.0. The molecule has 2 aromatic carbocycles. The molecule has 0 aliphatic carbocycles. The van der Waals surface area contributed by atoms with Gasteiger partial charge >= 0.3 is 5.97 Å². The van der Waals surface area contributed by atoms with E-state index in [1.807, 2.05) is 18.3 Å². The van der Waals surface area contributed by atoms with E-state index in [4.69, 9.17) is 15.2 Å². The van der Waals surface area contributed by atoms with E-state index in [0.29, 0.717) is 32.4 Å². The number of amides is 1. The summed E-state index contributed by atoms with van der Waals surface area (Å²) in [4.78, 5) is 31.2. The van der Waals surface area contributed by atoms with Gasteiger partial charge in [0.25, 0.3) is 5.91 Å². The number of rotatable bonds is 4. The molecule has 4 aromatic rings. The molecule has 1 saturated heterocycles. The third kappa shape index (κ3) is 6.25. The maximum absolute atomic E-state index is 13.3. The fourth-order valence-electron chi connectivity index (χ4n) is 6.85. The molecule has 4 heterocycles. The molecule has 2 aliphatic rings. The van der Waals surface area contributed by atoms with Gasteiger partial charge in [0.05, 0.1) is 24.9 Å². The number of esters is 1. The van der Waals surface area contributed by atoms with Crippen molar-refractivity contribution in [1.82, 2.24) is 20.0 Å². The predicted octanol–water partition coefficient (Wildman–Crippen LogP) is 4.73. The van der Waals surface area contributed by atoms with Crippen LogP contribution in [0.25, 0.3) is 33.3 Å². The summed E-state index contributed by atoms with van der Waals surface area (Å²) < 4.78 is 13.8. The number of phenolic OH excluding ortho intramolecular Hbond substituents is 1. The summed E-state index contributed by atoms with van der Waals surface area (Å²) in [7, 11) is 1.69. The number of carbonyl (C=O) groups excluding carboxylic acids is 2. The third-order valence-electron chi connectivity index (χ3n) is 9.03. The van der Waals surface area contributed by atoms with Gasteiger partial charge in [-0.3, -0.25) is 19.6 Å². The molecule has 2 aliphatic heterocycles. The second-order valence-electron chi connectivity index (χ2n) is 13.2. The van der Waals surface area contributed by atoms with Crippen LogP contribution in [-0.2, 0) is 45.1 Å². The quantitative estimate of drug-likeness (QED) is 0.278. The topological polar surface area (TPSA) is 132 Å². The fourth-order valence-corrected chi connectivity index (χ4v) is 6.85. The van der Waals surface area contributed by atoms with Crippen molar-refractivity contribution < 1.29 is 24.2 Å². The molecule has 2 atom stereocenters. The van der Waals surface area contributed by atoms with Gasteiger partial charge in [0.1, 0.15) is 11.8 Å². The van der Waals surface area contributed by atoms with Gasteiger partial charge < -0.3 is 24.9 Å². The molecular formula is C36H43N5O5. The highest BCUT2D eigenvalue weighted by molar-refractivity contribution is 5.95. The van der Waals surface area contributed by atoms with Crippen molar-refractivity contribution in [3.05, 3.63) is 71.5 Å². The van der Waals surface area contributed by atoms with Gasteiger partial charge in [0.15, 0.2) is 0 Å². The number of ether oxygens (including phenoxy) is 2. The number of fused-ring (bicyclic) bond motifs is 6. The van der Waals surface area contributed by atoms with Gasteiger partial charge in [-0.1, -0.05) is 26.0 Å². The number of hydrazine groups is 1. The molecule has 10 nitrogen and oxygen atoms in total. The van der Waals surface area contributed by atoms with E-state index in [1.54, 1.807) is 25.4 Å². The number of phenols is 1. The van der Waals surface area contributed by atoms with Crippen molar-refractivity contribution in [2.45, 2.75) is 71.7 Å². The number of carbonyl (C=O) groups is 2. The van der Waals surface area contributed by atoms with Crippen LogP contribution in [0.4, 0.5) is 0 Å². The van der Waals surface area contributed by atoms with E-state index < -0.39 is 17.5 Å². The van der Waals surface area contributed by atoms with Gasteiger partial charge in [-0.25, -0.2) is 5.43 Å². The predicted molar refractivity (Wildman–Crippen MR) is 177 cm³/mol. The number of pyridine rings is 1. The van der Waals surface area contributed by atoms with E-state index in [-0.39, 0.29) is 30.7 Å². The summed E-state index contributed by atoms with van der Waals surface area (Å²) in [6.07, 6.45) is 5.75. The Labute approximate surface area is 269 Å². The highest BCUT2D eigenvalue weighted by Gasteiger charge is 2.34. The Balaban J connectivity index is 1.55. The number of nitrogens with one attached hydrogen (secondary N) is 1. The van der Waals surface area contributed by atoms with E-state index in [9.17, 15) is 14.7 Å². The molecule has 1 fully saturated rings. The molecule has 0 radical (unpaired) electrons. The molecular weight excluding hydrogens is 582 g/mol. The zero-order chi connectivity index (χ0) is 32.6.